The summed E-state index contributed by atoms with van der Waals surface area (Å²) < 4.78 is 13.0. The van der Waals surface area contributed by atoms with Crippen LogP contribution in [-0.4, -0.2) is 40.1 Å². The second-order valence-electron chi connectivity index (χ2n) is 4.53. The number of halogens is 1. The number of amides is 1. The molecule has 1 atom stereocenters. The Hall–Kier alpha value is -1.49. The van der Waals surface area contributed by atoms with E-state index in [0.717, 1.165) is 19.3 Å². The van der Waals surface area contributed by atoms with Crippen LogP contribution in [0.25, 0.3) is 0 Å². The van der Waals surface area contributed by atoms with Crippen LogP contribution in [0.5, 0.6) is 0 Å². The van der Waals surface area contributed by atoms with Gasteiger partial charge in [-0.25, -0.2) is 4.98 Å². The minimum absolute atomic E-state index is 0.141. The average Bonchev–Trinajstić information content (AvgIpc) is 2.83. The Kier molecular flexibility index (Phi) is 4.25. The second-order valence-corrected chi connectivity index (χ2v) is 4.53. The molecule has 0 aromatic carbocycles. The molecule has 1 fully saturated rings. The highest BCUT2D eigenvalue weighted by Gasteiger charge is 2.28. The van der Waals surface area contributed by atoms with Gasteiger partial charge in [-0.2, -0.15) is 4.39 Å². The van der Waals surface area contributed by atoms with Crippen molar-refractivity contribution in [1.82, 2.24) is 9.88 Å². The molecule has 1 aromatic rings. The minimum Gasteiger partial charge on any atom is -0.396 e. The molecule has 1 aromatic heterocycles. The lowest BCUT2D eigenvalue weighted by atomic mass is 10.1. The number of likely N-dealkylation sites (tertiary alicyclic amines) is 1. The maximum absolute atomic E-state index is 13.0. The molecular weight excluding hydrogens is 235 g/mol. The summed E-state index contributed by atoms with van der Waals surface area (Å²) in [6.45, 7) is 0.848. The first-order valence-electron chi connectivity index (χ1n) is 6.26. The number of pyridine rings is 1. The van der Waals surface area contributed by atoms with Crippen molar-refractivity contribution in [1.29, 1.82) is 0 Å². The van der Waals surface area contributed by atoms with E-state index in [9.17, 15) is 9.18 Å². The molecule has 98 valence electrons. The first-order chi connectivity index (χ1) is 8.72. The predicted octanol–water partition coefficient (Wildman–Crippen LogP) is 1.60. The van der Waals surface area contributed by atoms with Crippen molar-refractivity contribution >= 4 is 5.91 Å². The lowest BCUT2D eigenvalue weighted by Gasteiger charge is -2.24. The van der Waals surface area contributed by atoms with Gasteiger partial charge in [-0.05, 0) is 31.7 Å². The van der Waals surface area contributed by atoms with Gasteiger partial charge in [0.2, 0.25) is 5.95 Å². The summed E-state index contributed by atoms with van der Waals surface area (Å²) in [5.74, 6) is -0.774. The Morgan fingerprint density at radius 3 is 3.17 bits per heavy atom. The molecule has 18 heavy (non-hydrogen) atoms. The summed E-state index contributed by atoms with van der Waals surface area (Å²) in [7, 11) is 0. The normalized spacial score (nSPS) is 19.2. The fraction of sp³-hybridized carbons (Fsp3) is 0.538. The van der Waals surface area contributed by atoms with E-state index in [4.69, 9.17) is 5.11 Å². The van der Waals surface area contributed by atoms with E-state index in [1.54, 1.807) is 4.90 Å². The van der Waals surface area contributed by atoms with Crippen molar-refractivity contribution in [3.8, 4) is 0 Å². The molecule has 1 aliphatic heterocycles. The topological polar surface area (TPSA) is 53.4 Å². The Morgan fingerprint density at radius 1 is 1.61 bits per heavy atom. The summed E-state index contributed by atoms with van der Waals surface area (Å²) in [5.41, 5.74) is 0.346. The molecule has 1 unspecified atom stereocenters. The van der Waals surface area contributed by atoms with Crippen LogP contribution in [0.4, 0.5) is 4.39 Å². The van der Waals surface area contributed by atoms with E-state index >= 15 is 0 Å². The molecule has 4 nitrogen and oxygen atoms in total. The van der Waals surface area contributed by atoms with Gasteiger partial charge >= 0.3 is 0 Å². The number of nitrogens with zero attached hydrogens (tertiary/aromatic N) is 2. The van der Waals surface area contributed by atoms with E-state index in [2.05, 4.69) is 4.98 Å². The van der Waals surface area contributed by atoms with Gasteiger partial charge in [0.05, 0.1) is 0 Å². The molecule has 1 saturated heterocycles. The highest BCUT2D eigenvalue weighted by molar-refractivity contribution is 5.94. The molecular formula is C13H17FN2O2. The van der Waals surface area contributed by atoms with E-state index < -0.39 is 5.95 Å². The number of carbonyl (C=O) groups is 1. The number of rotatable bonds is 4. The molecule has 1 aliphatic rings. The molecule has 1 N–H and O–H groups in total. The number of carbonyl (C=O) groups excluding carboxylic acids is 1. The average molecular weight is 252 g/mol. The highest BCUT2D eigenvalue weighted by atomic mass is 19.1. The molecule has 2 heterocycles. The van der Waals surface area contributed by atoms with Crippen molar-refractivity contribution in [3.63, 3.8) is 0 Å². The third-order valence-corrected chi connectivity index (χ3v) is 3.31. The Bertz CT molecular complexity index is 425. The largest absolute Gasteiger partial charge is 0.396 e. The maximum atomic E-state index is 13.0. The van der Waals surface area contributed by atoms with Gasteiger partial charge in [-0.15, -0.1) is 0 Å². The van der Waals surface area contributed by atoms with Crippen molar-refractivity contribution in [2.75, 3.05) is 13.2 Å². The zero-order valence-corrected chi connectivity index (χ0v) is 10.2. The SMILES string of the molecule is O=C(c1ccnc(F)c1)N1CCCC1CCCO. The molecule has 0 aliphatic carbocycles. The summed E-state index contributed by atoms with van der Waals surface area (Å²) >= 11 is 0. The number of hydrogen-bond acceptors (Lipinski definition) is 3. The lowest BCUT2D eigenvalue weighted by molar-refractivity contribution is 0.0723. The fourth-order valence-corrected chi connectivity index (χ4v) is 2.43. The monoisotopic (exact) mass is 252 g/mol. The summed E-state index contributed by atoms with van der Waals surface area (Å²) in [6.07, 6.45) is 4.73. The van der Waals surface area contributed by atoms with Crippen LogP contribution < -0.4 is 0 Å². The van der Waals surface area contributed by atoms with Crippen molar-refractivity contribution in [2.45, 2.75) is 31.7 Å². The van der Waals surface area contributed by atoms with Crippen molar-refractivity contribution < 1.29 is 14.3 Å². The first kappa shape index (κ1) is 13.0. The molecule has 0 radical (unpaired) electrons. The Morgan fingerprint density at radius 2 is 2.44 bits per heavy atom. The van der Waals surface area contributed by atoms with Gasteiger partial charge in [0.1, 0.15) is 0 Å². The zero-order chi connectivity index (χ0) is 13.0. The number of aliphatic hydroxyl groups excluding tert-OH is 1. The predicted molar refractivity (Wildman–Crippen MR) is 64.6 cm³/mol. The van der Waals surface area contributed by atoms with E-state index in [-0.39, 0.29) is 18.6 Å². The van der Waals surface area contributed by atoms with Crippen molar-refractivity contribution in [3.05, 3.63) is 29.8 Å². The van der Waals surface area contributed by atoms with Crippen LogP contribution in [0.15, 0.2) is 18.3 Å². The smallest absolute Gasteiger partial charge is 0.254 e. The van der Waals surface area contributed by atoms with Crippen LogP contribution in [0, 0.1) is 5.95 Å². The molecule has 0 bridgehead atoms. The third-order valence-electron chi connectivity index (χ3n) is 3.31. The van der Waals surface area contributed by atoms with Gasteiger partial charge in [0.15, 0.2) is 0 Å². The quantitative estimate of drug-likeness (QED) is 0.828. The summed E-state index contributed by atoms with van der Waals surface area (Å²) in [6, 6.07) is 2.87. The maximum Gasteiger partial charge on any atom is 0.254 e. The van der Waals surface area contributed by atoms with Crippen LogP contribution >= 0.6 is 0 Å². The summed E-state index contributed by atoms with van der Waals surface area (Å²) in [5, 5.41) is 8.84. The first-order valence-corrected chi connectivity index (χ1v) is 6.26. The van der Waals surface area contributed by atoms with Crippen LogP contribution in [-0.2, 0) is 0 Å². The van der Waals surface area contributed by atoms with E-state index in [1.807, 2.05) is 0 Å². The molecule has 2 rings (SSSR count). The van der Waals surface area contributed by atoms with Gasteiger partial charge in [0.25, 0.3) is 5.91 Å². The van der Waals surface area contributed by atoms with Crippen LogP contribution in [0.3, 0.4) is 0 Å². The van der Waals surface area contributed by atoms with E-state index in [0.29, 0.717) is 18.5 Å². The van der Waals surface area contributed by atoms with Crippen molar-refractivity contribution in [2.24, 2.45) is 0 Å². The Labute approximate surface area is 105 Å². The van der Waals surface area contributed by atoms with Gasteiger partial charge in [-0.1, -0.05) is 0 Å². The molecule has 1 amide bonds. The number of aromatic nitrogens is 1. The zero-order valence-electron chi connectivity index (χ0n) is 10.2. The van der Waals surface area contributed by atoms with Crippen LogP contribution in [0.2, 0.25) is 0 Å². The third kappa shape index (κ3) is 2.85. The number of aliphatic hydroxyl groups is 1. The molecule has 5 heteroatoms. The lowest BCUT2D eigenvalue weighted by Crippen LogP contribution is -2.35. The highest BCUT2D eigenvalue weighted by Crippen LogP contribution is 2.23. The van der Waals surface area contributed by atoms with Gasteiger partial charge in [-0.3, -0.25) is 4.79 Å². The van der Waals surface area contributed by atoms with E-state index in [1.165, 1.54) is 18.3 Å². The summed E-state index contributed by atoms with van der Waals surface area (Å²) in [4.78, 5) is 17.5. The standard InChI is InChI=1S/C13H17FN2O2/c14-12-9-10(5-6-15-12)13(18)16-7-1-3-11(16)4-2-8-17/h5-6,9,11,17H,1-4,7-8H2. The fourth-order valence-electron chi connectivity index (χ4n) is 2.43. The Balaban J connectivity index is 2.08. The van der Waals surface area contributed by atoms with Crippen LogP contribution in [0.1, 0.15) is 36.0 Å². The number of hydrogen-bond donors (Lipinski definition) is 1. The molecule has 0 spiro atoms. The molecule has 0 saturated carbocycles. The van der Waals surface area contributed by atoms with Gasteiger partial charge < -0.3 is 10.0 Å². The van der Waals surface area contributed by atoms with Gasteiger partial charge in [0, 0.05) is 37.0 Å². The second kappa shape index (κ2) is 5.91. The minimum atomic E-state index is -0.632.